The number of amides is 1. The fraction of sp³-hybridized carbons (Fsp3) is 0.480. The minimum Gasteiger partial charge on any atom is -0.462 e. The highest BCUT2D eigenvalue weighted by Crippen LogP contribution is 2.37. The molecule has 3 rings (SSSR count). The van der Waals surface area contributed by atoms with Gasteiger partial charge >= 0.3 is 0 Å². The Morgan fingerprint density at radius 2 is 1.88 bits per heavy atom. The van der Waals surface area contributed by atoms with Crippen LogP contribution in [0.25, 0.3) is 11.1 Å². The quantitative estimate of drug-likeness (QED) is 0.505. The fourth-order valence-electron chi connectivity index (χ4n) is 4.18. The number of ether oxygens (including phenoxy) is 3. The smallest absolute Gasteiger partial charge is 0.229 e. The molecule has 0 aliphatic carbocycles. The van der Waals surface area contributed by atoms with Crippen molar-refractivity contribution in [3.05, 3.63) is 48.0 Å². The number of benzene rings is 2. The number of carbonyl (C=O) groups is 1. The van der Waals surface area contributed by atoms with E-state index in [1.54, 1.807) is 25.6 Å². The molecule has 0 bridgehead atoms. The molecule has 1 heterocycles. The summed E-state index contributed by atoms with van der Waals surface area (Å²) in [5, 5.41) is 24.0. The van der Waals surface area contributed by atoms with Crippen molar-refractivity contribution >= 4 is 17.7 Å². The van der Waals surface area contributed by atoms with Crippen LogP contribution in [0, 0.1) is 0 Å². The van der Waals surface area contributed by atoms with Gasteiger partial charge in [-0.15, -0.1) is 11.8 Å². The number of carbonyl (C=O) groups excluding carboxylic acids is 1. The Bertz CT molecular complexity index is 966. The van der Waals surface area contributed by atoms with E-state index in [2.05, 4.69) is 17.4 Å². The molecular weight excluding hydrogens is 442 g/mol. The molecule has 8 heteroatoms. The average Bonchev–Trinajstić information content (AvgIpc) is 2.78. The van der Waals surface area contributed by atoms with Crippen molar-refractivity contribution in [1.29, 1.82) is 0 Å². The lowest BCUT2D eigenvalue weighted by Crippen LogP contribution is -2.63. The van der Waals surface area contributed by atoms with E-state index in [0.29, 0.717) is 18.7 Å². The van der Waals surface area contributed by atoms with Crippen molar-refractivity contribution in [2.24, 2.45) is 0 Å². The first-order valence-corrected chi connectivity index (χ1v) is 12.1. The SMILES string of the molecule is CO[C@@H]1[C@@H](O)[C@@H](O)[C@H](Oc2ccc(CCNC(C)=O)c(-c3ccccc3SC)c2)OC1(C)C. The summed E-state index contributed by atoms with van der Waals surface area (Å²) in [4.78, 5) is 12.4. The lowest BCUT2D eigenvalue weighted by atomic mass is 9.89. The van der Waals surface area contributed by atoms with E-state index in [4.69, 9.17) is 14.2 Å². The van der Waals surface area contributed by atoms with Gasteiger partial charge in [-0.3, -0.25) is 4.79 Å². The first kappa shape index (κ1) is 25.5. The lowest BCUT2D eigenvalue weighted by Gasteiger charge is -2.46. The molecule has 4 atom stereocenters. The van der Waals surface area contributed by atoms with Crippen LogP contribution in [0.2, 0.25) is 0 Å². The summed E-state index contributed by atoms with van der Waals surface area (Å²) in [6.07, 6.45) is -1.50. The molecule has 1 aliphatic heterocycles. The van der Waals surface area contributed by atoms with Crippen molar-refractivity contribution in [1.82, 2.24) is 5.32 Å². The molecule has 0 aromatic heterocycles. The first-order chi connectivity index (χ1) is 15.7. The minimum atomic E-state index is -1.27. The van der Waals surface area contributed by atoms with E-state index in [-0.39, 0.29) is 5.91 Å². The molecule has 1 amide bonds. The van der Waals surface area contributed by atoms with Gasteiger partial charge < -0.3 is 29.7 Å². The molecule has 3 N–H and O–H groups in total. The number of rotatable bonds is 8. The number of thioether (sulfide) groups is 1. The largest absolute Gasteiger partial charge is 0.462 e. The molecule has 0 spiro atoms. The third-order valence-electron chi connectivity index (χ3n) is 5.80. The van der Waals surface area contributed by atoms with Gasteiger partial charge in [0.1, 0.15) is 24.1 Å². The third-order valence-corrected chi connectivity index (χ3v) is 6.59. The summed E-state index contributed by atoms with van der Waals surface area (Å²) in [7, 11) is 1.47. The standard InChI is InChI=1S/C25H33NO6S/c1-15(27)26-13-12-16-10-11-17(14-19(16)18-8-6-7-9-20(18)33-5)31-24-22(29)21(28)23(30-4)25(2,3)32-24/h6-11,14,21-24,28-29H,12-13H2,1-5H3,(H,26,27)/t21-,22+,23+,24+/m0/s1. The highest BCUT2D eigenvalue weighted by atomic mass is 32.2. The molecule has 0 saturated carbocycles. The summed E-state index contributed by atoms with van der Waals surface area (Å²) in [6.45, 7) is 5.60. The summed E-state index contributed by atoms with van der Waals surface area (Å²) >= 11 is 1.65. The van der Waals surface area contributed by atoms with Crippen LogP contribution in [0.15, 0.2) is 47.4 Å². The van der Waals surface area contributed by atoms with Gasteiger partial charge in [0.25, 0.3) is 0 Å². The van der Waals surface area contributed by atoms with Crippen molar-refractivity contribution in [3.8, 4) is 16.9 Å². The molecule has 1 fully saturated rings. The van der Waals surface area contributed by atoms with Gasteiger partial charge in [-0.05, 0) is 61.4 Å². The number of hydrogen-bond acceptors (Lipinski definition) is 7. The second-order valence-corrected chi connectivity index (χ2v) is 9.45. The average molecular weight is 476 g/mol. The maximum absolute atomic E-state index is 11.3. The zero-order chi connectivity index (χ0) is 24.2. The second-order valence-electron chi connectivity index (χ2n) is 8.60. The molecule has 2 aromatic carbocycles. The number of hydrogen-bond donors (Lipinski definition) is 3. The summed E-state index contributed by atoms with van der Waals surface area (Å²) in [5.74, 6) is 0.437. The van der Waals surface area contributed by atoms with Crippen LogP contribution in [0.4, 0.5) is 0 Å². The van der Waals surface area contributed by atoms with Crippen molar-refractivity contribution < 1.29 is 29.2 Å². The van der Waals surface area contributed by atoms with Gasteiger partial charge in [-0.2, -0.15) is 0 Å². The van der Waals surface area contributed by atoms with Crippen LogP contribution < -0.4 is 10.1 Å². The number of nitrogens with one attached hydrogen (secondary N) is 1. The Balaban J connectivity index is 1.93. The van der Waals surface area contributed by atoms with E-state index in [1.165, 1.54) is 14.0 Å². The van der Waals surface area contributed by atoms with E-state index in [1.807, 2.05) is 36.6 Å². The number of aliphatic hydroxyl groups excluding tert-OH is 2. The minimum absolute atomic E-state index is 0.0695. The Kier molecular flexibility index (Phi) is 8.42. The molecule has 33 heavy (non-hydrogen) atoms. The number of methoxy groups -OCH3 is 1. The summed E-state index contributed by atoms with van der Waals surface area (Å²) < 4.78 is 17.3. The first-order valence-electron chi connectivity index (χ1n) is 10.9. The predicted molar refractivity (Wildman–Crippen MR) is 128 cm³/mol. The molecule has 7 nitrogen and oxygen atoms in total. The third kappa shape index (κ3) is 5.88. The Morgan fingerprint density at radius 3 is 2.55 bits per heavy atom. The van der Waals surface area contributed by atoms with Crippen LogP contribution in [0.3, 0.4) is 0 Å². The van der Waals surface area contributed by atoms with Gasteiger partial charge in [0.2, 0.25) is 12.2 Å². The van der Waals surface area contributed by atoms with Crippen LogP contribution in [0.5, 0.6) is 5.75 Å². The Labute approximate surface area is 199 Å². The Hall–Kier alpha value is -2.10. The van der Waals surface area contributed by atoms with Gasteiger partial charge in [-0.1, -0.05) is 24.3 Å². The summed E-state index contributed by atoms with van der Waals surface area (Å²) in [6, 6.07) is 13.8. The highest BCUT2D eigenvalue weighted by Gasteiger charge is 2.50. The normalized spacial score (nSPS) is 24.3. The highest BCUT2D eigenvalue weighted by molar-refractivity contribution is 7.98. The van der Waals surface area contributed by atoms with Gasteiger partial charge in [-0.25, -0.2) is 0 Å². The van der Waals surface area contributed by atoms with Gasteiger partial charge in [0.05, 0.1) is 5.60 Å². The molecule has 1 aliphatic rings. The molecule has 180 valence electrons. The summed E-state index contributed by atoms with van der Waals surface area (Å²) in [5.41, 5.74) is 2.23. The van der Waals surface area contributed by atoms with E-state index < -0.39 is 30.2 Å². The van der Waals surface area contributed by atoms with E-state index >= 15 is 0 Å². The van der Waals surface area contributed by atoms with Crippen LogP contribution in [-0.2, 0) is 20.7 Å². The van der Waals surface area contributed by atoms with Crippen LogP contribution in [-0.4, -0.2) is 66.2 Å². The van der Waals surface area contributed by atoms with Gasteiger partial charge in [0.15, 0.2) is 0 Å². The van der Waals surface area contributed by atoms with E-state index in [0.717, 1.165) is 21.6 Å². The van der Waals surface area contributed by atoms with Crippen LogP contribution in [0.1, 0.15) is 26.3 Å². The lowest BCUT2D eigenvalue weighted by molar-refractivity contribution is -0.305. The zero-order valence-corrected chi connectivity index (χ0v) is 20.5. The van der Waals surface area contributed by atoms with Crippen molar-refractivity contribution in [2.75, 3.05) is 19.9 Å². The second kappa shape index (κ2) is 10.9. The Morgan fingerprint density at radius 1 is 1.15 bits per heavy atom. The van der Waals surface area contributed by atoms with Gasteiger partial charge in [0, 0.05) is 25.5 Å². The predicted octanol–water partition coefficient (Wildman–Crippen LogP) is 3.00. The molecule has 1 saturated heterocycles. The maximum atomic E-state index is 11.3. The molecule has 0 unspecified atom stereocenters. The molecule has 0 radical (unpaired) electrons. The van der Waals surface area contributed by atoms with Crippen molar-refractivity contribution in [3.63, 3.8) is 0 Å². The van der Waals surface area contributed by atoms with Crippen LogP contribution >= 0.6 is 11.8 Å². The van der Waals surface area contributed by atoms with Crippen molar-refractivity contribution in [2.45, 2.75) is 62.3 Å². The topological polar surface area (TPSA) is 97.3 Å². The molecular formula is C25H33NO6S. The monoisotopic (exact) mass is 475 g/mol. The fourth-order valence-corrected chi connectivity index (χ4v) is 4.79. The maximum Gasteiger partial charge on any atom is 0.229 e. The zero-order valence-electron chi connectivity index (χ0n) is 19.7. The van der Waals surface area contributed by atoms with E-state index in [9.17, 15) is 15.0 Å². The number of aliphatic hydroxyl groups is 2. The molecule has 2 aromatic rings.